The van der Waals surface area contributed by atoms with Crippen molar-refractivity contribution >= 4 is 10.9 Å². The number of nitrogens with two attached hydrogens (primary N) is 1. The molecular weight excluding hydrogens is 172 g/mol. The highest BCUT2D eigenvalue weighted by Crippen LogP contribution is 2.16. The lowest BCUT2D eigenvalue weighted by atomic mass is 10.1. The molecule has 1 aromatic carbocycles. The Balaban J connectivity index is 2.51. The Morgan fingerprint density at radius 2 is 2.00 bits per heavy atom. The third-order valence-electron chi connectivity index (χ3n) is 2.44. The molecule has 0 aliphatic carbocycles. The fourth-order valence-corrected chi connectivity index (χ4v) is 1.50. The van der Waals surface area contributed by atoms with Gasteiger partial charge in [-0.3, -0.25) is 4.98 Å². The van der Waals surface area contributed by atoms with Crippen molar-refractivity contribution in [3.63, 3.8) is 0 Å². The van der Waals surface area contributed by atoms with Gasteiger partial charge in [-0.15, -0.1) is 0 Å². The summed E-state index contributed by atoms with van der Waals surface area (Å²) in [7, 11) is 0. The zero-order valence-electron chi connectivity index (χ0n) is 8.27. The average Bonchev–Trinajstić information content (AvgIpc) is 2.27. The molecule has 2 rings (SSSR count). The first-order chi connectivity index (χ1) is 6.81. The Morgan fingerprint density at radius 3 is 2.79 bits per heavy atom. The van der Waals surface area contributed by atoms with Gasteiger partial charge in [0.25, 0.3) is 0 Å². The van der Waals surface area contributed by atoms with Crippen LogP contribution in [0.25, 0.3) is 10.9 Å². The third kappa shape index (κ3) is 1.61. The summed E-state index contributed by atoms with van der Waals surface area (Å²) in [6, 6.07) is 12.2. The van der Waals surface area contributed by atoms with Crippen molar-refractivity contribution in [2.24, 2.45) is 5.73 Å². The van der Waals surface area contributed by atoms with Crippen LogP contribution in [0.4, 0.5) is 0 Å². The van der Waals surface area contributed by atoms with E-state index in [1.807, 2.05) is 24.3 Å². The van der Waals surface area contributed by atoms with E-state index < -0.39 is 0 Å². The monoisotopic (exact) mass is 186 g/mol. The molecule has 1 aromatic heterocycles. The summed E-state index contributed by atoms with van der Waals surface area (Å²) in [5.41, 5.74) is 7.92. The van der Waals surface area contributed by atoms with Gasteiger partial charge in [0.05, 0.1) is 11.2 Å². The van der Waals surface area contributed by atoms with Crippen LogP contribution in [0, 0.1) is 0 Å². The topological polar surface area (TPSA) is 38.9 Å². The average molecular weight is 186 g/mol. The molecule has 14 heavy (non-hydrogen) atoms. The maximum Gasteiger partial charge on any atom is 0.0706 e. The van der Waals surface area contributed by atoms with Crippen molar-refractivity contribution in [3.05, 3.63) is 42.1 Å². The van der Waals surface area contributed by atoms with Crippen molar-refractivity contribution in [2.45, 2.75) is 19.4 Å². The van der Waals surface area contributed by atoms with Crippen molar-refractivity contribution in [3.8, 4) is 0 Å². The first kappa shape index (κ1) is 9.16. The molecule has 0 unspecified atom stereocenters. The van der Waals surface area contributed by atoms with Crippen molar-refractivity contribution in [1.82, 2.24) is 4.98 Å². The summed E-state index contributed by atoms with van der Waals surface area (Å²) in [5, 5.41) is 1.17. The number of pyridine rings is 1. The lowest BCUT2D eigenvalue weighted by Crippen LogP contribution is -2.10. The van der Waals surface area contributed by atoms with E-state index >= 15 is 0 Å². The summed E-state index contributed by atoms with van der Waals surface area (Å²) in [6.45, 7) is 2.07. The van der Waals surface area contributed by atoms with E-state index in [1.165, 1.54) is 5.39 Å². The van der Waals surface area contributed by atoms with Gasteiger partial charge in [0, 0.05) is 11.4 Å². The van der Waals surface area contributed by atoms with Gasteiger partial charge in [-0.2, -0.15) is 0 Å². The molecule has 0 aliphatic heterocycles. The van der Waals surface area contributed by atoms with Crippen LogP contribution in [0.3, 0.4) is 0 Å². The predicted molar refractivity (Wildman–Crippen MR) is 59.0 cm³/mol. The van der Waals surface area contributed by atoms with Gasteiger partial charge < -0.3 is 5.73 Å². The van der Waals surface area contributed by atoms with E-state index in [0.717, 1.165) is 17.6 Å². The minimum atomic E-state index is 0.0552. The first-order valence-corrected chi connectivity index (χ1v) is 4.92. The van der Waals surface area contributed by atoms with Gasteiger partial charge in [-0.05, 0) is 18.6 Å². The number of benzene rings is 1. The zero-order valence-corrected chi connectivity index (χ0v) is 8.27. The van der Waals surface area contributed by atoms with Crippen LogP contribution in [-0.2, 0) is 0 Å². The lowest BCUT2D eigenvalue weighted by Gasteiger charge is -2.08. The molecule has 0 saturated heterocycles. The van der Waals surface area contributed by atoms with Crippen molar-refractivity contribution in [1.29, 1.82) is 0 Å². The van der Waals surface area contributed by atoms with Crippen LogP contribution in [0.1, 0.15) is 25.1 Å². The molecule has 0 aliphatic rings. The molecule has 0 amide bonds. The van der Waals surface area contributed by atoms with Gasteiger partial charge >= 0.3 is 0 Å². The predicted octanol–water partition coefficient (Wildman–Crippen LogP) is 2.64. The maximum absolute atomic E-state index is 5.92. The molecule has 0 saturated carbocycles. The molecule has 1 atom stereocenters. The summed E-state index contributed by atoms with van der Waals surface area (Å²) in [6.07, 6.45) is 0.922. The SMILES string of the molecule is CC[C@@H](N)c1ccc2ccccc2n1. The first-order valence-electron chi connectivity index (χ1n) is 4.92. The molecule has 0 spiro atoms. The summed E-state index contributed by atoms with van der Waals surface area (Å²) in [5.74, 6) is 0. The molecule has 2 heteroatoms. The standard InChI is InChI=1S/C12H14N2/c1-2-10(13)12-8-7-9-5-3-4-6-11(9)14-12/h3-8,10H,2,13H2,1H3/t10-/m1/s1. The highest BCUT2D eigenvalue weighted by atomic mass is 14.8. The number of fused-ring (bicyclic) bond motifs is 1. The second-order valence-electron chi connectivity index (χ2n) is 3.44. The van der Waals surface area contributed by atoms with E-state index in [0.29, 0.717) is 0 Å². The Kier molecular flexibility index (Phi) is 2.46. The van der Waals surface area contributed by atoms with Crippen LogP contribution >= 0.6 is 0 Å². The normalized spacial score (nSPS) is 13.0. The van der Waals surface area contributed by atoms with E-state index in [-0.39, 0.29) is 6.04 Å². The second kappa shape index (κ2) is 3.76. The Labute approximate surface area is 83.8 Å². The van der Waals surface area contributed by atoms with E-state index in [9.17, 15) is 0 Å². The Morgan fingerprint density at radius 1 is 1.21 bits per heavy atom. The molecule has 2 nitrogen and oxygen atoms in total. The van der Waals surface area contributed by atoms with Crippen LogP contribution in [0.15, 0.2) is 36.4 Å². The van der Waals surface area contributed by atoms with E-state index in [2.05, 4.69) is 24.0 Å². The van der Waals surface area contributed by atoms with Gasteiger partial charge in [0.2, 0.25) is 0 Å². The third-order valence-corrected chi connectivity index (χ3v) is 2.44. The largest absolute Gasteiger partial charge is 0.323 e. The molecule has 2 aromatic rings. The fourth-order valence-electron chi connectivity index (χ4n) is 1.50. The van der Waals surface area contributed by atoms with Gasteiger partial charge in [-0.25, -0.2) is 0 Å². The molecular formula is C12H14N2. The van der Waals surface area contributed by atoms with Gasteiger partial charge in [0.15, 0.2) is 0 Å². The quantitative estimate of drug-likeness (QED) is 0.783. The molecule has 0 bridgehead atoms. The van der Waals surface area contributed by atoms with Crippen LogP contribution in [-0.4, -0.2) is 4.98 Å². The highest BCUT2D eigenvalue weighted by Gasteiger charge is 2.04. The molecule has 2 N–H and O–H groups in total. The number of hydrogen-bond donors (Lipinski definition) is 1. The van der Waals surface area contributed by atoms with Gasteiger partial charge in [0.1, 0.15) is 0 Å². The number of nitrogens with zero attached hydrogens (tertiary/aromatic N) is 1. The van der Waals surface area contributed by atoms with Crippen molar-refractivity contribution in [2.75, 3.05) is 0 Å². The van der Waals surface area contributed by atoms with Crippen LogP contribution < -0.4 is 5.73 Å². The molecule has 0 fully saturated rings. The molecule has 0 radical (unpaired) electrons. The number of rotatable bonds is 2. The maximum atomic E-state index is 5.92. The minimum absolute atomic E-state index is 0.0552. The second-order valence-corrected chi connectivity index (χ2v) is 3.44. The van der Waals surface area contributed by atoms with E-state index in [4.69, 9.17) is 5.73 Å². The highest BCUT2D eigenvalue weighted by molar-refractivity contribution is 5.78. The van der Waals surface area contributed by atoms with Crippen LogP contribution in [0.2, 0.25) is 0 Å². The number of para-hydroxylation sites is 1. The summed E-state index contributed by atoms with van der Waals surface area (Å²) < 4.78 is 0. The summed E-state index contributed by atoms with van der Waals surface area (Å²) >= 11 is 0. The Hall–Kier alpha value is -1.41. The Bertz CT molecular complexity index is 437. The smallest absolute Gasteiger partial charge is 0.0706 e. The number of hydrogen-bond acceptors (Lipinski definition) is 2. The summed E-state index contributed by atoms with van der Waals surface area (Å²) in [4.78, 5) is 4.52. The molecule has 72 valence electrons. The van der Waals surface area contributed by atoms with Crippen LogP contribution in [0.5, 0.6) is 0 Å². The number of aromatic nitrogens is 1. The molecule has 1 heterocycles. The fraction of sp³-hybridized carbons (Fsp3) is 0.250. The lowest BCUT2D eigenvalue weighted by molar-refractivity contribution is 0.679. The van der Waals surface area contributed by atoms with Crippen molar-refractivity contribution < 1.29 is 0 Å². The van der Waals surface area contributed by atoms with Gasteiger partial charge in [-0.1, -0.05) is 31.2 Å². The van der Waals surface area contributed by atoms with E-state index in [1.54, 1.807) is 0 Å². The minimum Gasteiger partial charge on any atom is -0.323 e. The zero-order chi connectivity index (χ0) is 9.97.